The Morgan fingerprint density at radius 1 is 1.03 bits per heavy atom. The van der Waals surface area contributed by atoms with Crippen LogP contribution in [0.1, 0.15) is 18.4 Å². The quantitative estimate of drug-likeness (QED) is 0.341. The molecule has 0 amide bonds. The summed E-state index contributed by atoms with van der Waals surface area (Å²) in [5.41, 5.74) is 18.0. The highest BCUT2D eigenvalue weighted by atomic mass is 15.4. The molecule has 2 heterocycles. The first-order valence-electron chi connectivity index (χ1n) is 10.4. The van der Waals surface area contributed by atoms with Crippen LogP contribution in [0, 0.1) is 11.3 Å². The van der Waals surface area contributed by atoms with Crippen LogP contribution in [-0.2, 0) is 0 Å². The second-order valence-electron chi connectivity index (χ2n) is 7.96. The molecule has 0 radical (unpaired) electrons. The largest absolute Gasteiger partial charge is 0.397 e. The maximum absolute atomic E-state index is 9.16. The highest BCUT2D eigenvalue weighted by Gasteiger charge is 2.19. The first-order chi connectivity index (χ1) is 15.0. The fraction of sp³-hybridized carbons (Fsp3) is 0.250. The number of anilines is 3. The Kier molecular flexibility index (Phi) is 5.76. The standard InChI is InChI=1S/C24H27N7/c1-30(28)22-8-6-18(14-21(22)27)20-7-9-23(31-12-10-19(26)11-13-31)29-24(20)17-4-2-16(15-25)3-5-17/h2-9,14,19H,10-13,26-28H2,1H3. The maximum atomic E-state index is 9.16. The van der Waals surface area contributed by atoms with Crippen molar-refractivity contribution in [3.05, 3.63) is 60.2 Å². The summed E-state index contributed by atoms with van der Waals surface area (Å²) in [7, 11) is 1.76. The molecule has 0 aliphatic carbocycles. The van der Waals surface area contributed by atoms with Crippen LogP contribution in [0.15, 0.2) is 54.6 Å². The molecular weight excluding hydrogens is 386 g/mol. The Morgan fingerprint density at radius 2 is 1.71 bits per heavy atom. The molecule has 1 fully saturated rings. The lowest BCUT2D eigenvalue weighted by molar-refractivity contribution is 0.499. The Bertz CT molecular complexity index is 1110. The van der Waals surface area contributed by atoms with Crippen LogP contribution in [0.3, 0.4) is 0 Å². The van der Waals surface area contributed by atoms with Crippen molar-refractivity contribution in [2.24, 2.45) is 11.6 Å². The van der Waals surface area contributed by atoms with Gasteiger partial charge in [0.1, 0.15) is 5.82 Å². The zero-order chi connectivity index (χ0) is 22.0. The molecule has 0 spiro atoms. The zero-order valence-electron chi connectivity index (χ0n) is 17.6. The van der Waals surface area contributed by atoms with Gasteiger partial charge in [0.2, 0.25) is 0 Å². The lowest BCUT2D eigenvalue weighted by atomic mass is 9.97. The van der Waals surface area contributed by atoms with E-state index in [-0.39, 0.29) is 6.04 Å². The van der Waals surface area contributed by atoms with E-state index >= 15 is 0 Å². The number of benzene rings is 2. The third kappa shape index (κ3) is 4.31. The third-order valence-corrected chi connectivity index (χ3v) is 5.75. The van der Waals surface area contributed by atoms with Gasteiger partial charge in [-0.2, -0.15) is 5.26 Å². The van der Waals surface area contributed by atoms with Gasteiger partial charge in [-0.15, -0.1) is 0 Å². The average molecular weight is 414 g/mol. The summed E-state index contributed by atoms with van der Waals surface area (Å²) in [6.07, 6.45) is 1.92. The van der Waals surface area contributed by atoms with Gasteiger partial charge in [0.15, 0.2) is 0 Å². The molecule has 158 valence electrons. The molecule has 3 aromatic rings. The average Bonchev–Trinajstić information content (AvgIpc) is 2.79. The SMILES string of the molecule is CN(N)c1ccc(-c2ccc(N3CCC(N)CC3)nc2-c2ccc(C#N)cc2)cc1N. The molecule has 1 aliphatic heterocycles. The van der Waals surface area contributed by atoms with Gasteiger partial charge in [0, 0.05) is 37.3 Å². The Balaban J connectivity index is 1.80. The predicted molar refractivity (Wildman–Crippen MR) is 126 cm³/mol. The lowest BCUT2D eigenvalue weighted by Crippen LogP contribution is -2.40. The van der Waals surface area contributed by atoms with Gasteiger partial charge >= 0.3 is 0 Å². The number of nitrogen functional groups attached to an aromatic ring is 1. The second kappa shape index (κ2) is 8.64. The number of nitrogens with two attached hydrogens (primary N) is 3. The third-order valence-electron chi connectivity index (χ3n) is 5.75. The second-order valence-corrected chi connectivity index (χ2v) is 7.96. The highest BCUT2D eigenvalue weighted by Crippen LogP contribution is 2.36. The van der Waals surface area contributed by atoms with Crippen LogP contribution in [-0.4, -0.2) is 31.2 Å². The van der Waals surface area contributed by atoms with Gasteiger partial charge in [-0.3, -0.25) is 0 Å². The minimum absolute atomic E-state index is 0.260. The molecule has 0 atom stereocenters. The summed E-state index contributed by atoms with van der Waals surface area (Å²) >= 11 is 0. The molecule has 1 aromatic heterocycles. The number of pyridine rings is 1. The fourth-order valence-corrected chi connectivity index (χ4v) is 3.95. The molecule has 6 N–H and O–H groups in total. The number of piperidine rings is 1. The Labute approximate surface area is 182 Å². The van der Waals surface area contributed by atoms with E-state index in [9.17, 15) is 0 Å². The van der Waals surface area contributed by atoms with E-state index in [0.29, 0.717) is 11.3 Å². The van der Waals surface area contributed by atoms with Crippen molar-refractivity contribution in [2.75, 3.05) is 35.8 Å². The highest BCUT2D eigenvalue weighted by molar-refractivity contribution is 5.85. The first-order valence-corrected chi connectivity index (χ1v) is 10.4. The van der Waals surface area contributed by atoms with Crippen LogP contribution in [0.4, 0.5) is 17.2 Å². The van der Waals surface area contributed by atoms with E-state index in [2.05, 4.69) is 23.1 Å². The Morgan fingerprint density at radius 3 is 2.32 bits per heavy atom. The van der Waals surface area contributed by atoms with Crippen molar-refractivity contribution < 1.29 is 0 Å². The van der Waals surface area contributed by atoms with Crippen molar-refractivity contribution in [3.63, 3.8) is 0 Å². The first kappa shape index (κ1) is 20.7. The molecule has 0 unspecified atom stereocenters. The maximum Gasteiger partial charge on any atom is 0.129 e. The van der Waals surface area contributed by atoms with Crippen molar-refractivity contribution in [1.29, 1.82) is 5.26 Å². The zero-order valence-corrected chi connectivity index (χ0v) is 17.6. The topological polar surface area (TPSA) is 121 Å². The van der Waals surface area contributed by atoms with Crippen LogP contribution >= 0.6 is 0 Å². The van der Waals surface area contributed by atoms with Crippen LogP contribution in [0.2, 0.25) is 0 Å². The van der Waals surface area contributed by atoms with E-state index in [1.165, 1.54) is 5.01 Å². The van der Waals surface area contributed by atoms with Crippen molar-refractivity contribution in [1.82, 2.24) is 4.98 Å². The minimum Gasteiger partial charge on any atom is -0.397 e. The van der Waals surface area contributed by atoms with Gasteiger partial charge < -0.3 is 21.4 Å². The smallest absolute Gasteiger partial charge is 0.129 e. The minimum atomic E-state index is 0.260. The molecule has 4 rings (SSSR count). The number of hydrogen-bond acceptors (Lipinski definition) is 7. The number of rotatable bonds is 4. The van der Waals surface area contributed by atoms with Crippen molar-refractivity contribution in [2.45, 2.75) is 18.9 Å². The molecule has 7 heteroatoms. The van der Waals surface area contributed by atoms with E-state index in [1.807, 2.05) is 42.5 Å². The van der Waals surface area contributed by atoms with Gasteiger partial charge in [-0.1, -0.05) is 18.2 Å². The van der Waals surface area contributed by atoms with Gasteiger partial charge in [-0.25, -0.2) is 10.8 Å². The number of nitriles is 1. The van der Waals surface area contributed by atoms with Crippen LogP contribution in [0.5, 0.6) is 0 Å². The van der Waals surface area contributed by atoms with Crippen LogP contribution in [0.25, 0.3) is 22.4 Å². The summed E-state index contributed by atoms with van der Waals surface area (Å²) < 4.78 is 0. The van der Waals surface area contributed by atoms with E-state index < -0.39 is 0 Å². The number of hydrazine groups is 1. The molecule has 31 heavy (non-hydrogen) atoms. The van der Waals surface area contributed by atoms with E-state index in [4.69, 9.17) is 27.6 Å². The molecule has 0 bridgehead atoms. The normalized spacial score (nSPS) is 14.3. The summed E-state index contributed by atoms with van der Waals surface area (Å²) in [4.78, 5) is 7.32. The van der Waals surface area contributed by atoms with Crippen molar-refractivity contribution in [3.8, 4) is 28.5 Å². The molecular formula is C24H27N7. The molecule has 7 nitrogen and oxygen atoms in total. The van der Waals surface area contributed by atoms with Gasteiger partial charge in [0.25, 0.3) is 0 Å². The fourth-order valence-electron chi connectivity index (χ4n) is 3.95. The van der Waals surface area contributed by atoms with E-state index in [1.54, 1.807) is 7.05 Å². The van der Waals surface area contributed by atoms with Gasteiger partial charge in [0.05, 0.1) is 28.7 Å². The number of aromatic nitrogens is 1. The van der Waals surface area contributed by atoms with Crippen LogP contribution < -0.4 is 27.2 Å². The molecule has 0 saturated carbocycles. The van der Waals surface area contributed by atoms with Crippen molar-refractivity contribution >= 4 is 17.2 Å². The number of hydrogen-bond donors (Lipinski definition) is 3. The lowest BCUT2D eigenvalue weighted by Gasteiger charge is -2.31. The molecule has 1 saturated heterocycles. The monoisotopic (exact) mass is 413 g/mol. The number of nitrogens with zero attached hydrogens (tertiary/aromatic N) is 4. The summed E-state index contributed by atoms with van der Waals surface area (Å²) in [5, 5.41) is 10.7. The van der Waals surface area contributed by atoms with E-state index in [0.717, 1.165) is 59.8 Å². The van der Waals surface area contributed by atoms with Gasteiger partial charge in [-0.05, 0) is 54.8 Å². The predicted octanol–water partition coefficient (Wildman–Crippen LogP) is 3.11. The molecule has 1 aliphatic rings. The summed E-state index contributed by atoms with van der Waals surface area (Å²) in [6.45, 7) is 1.79. The summed E-state index contributed by atoms with van der Waals surface area (Å²) in [5.74, 6) is 6.80. The summed E-state index contributed by atoms with van der Waals surface area (Å²) in [6, 6.07) is 19.9. The molecule has 2 aromatic carbocycles. The Hall–Kier alpha value is -3.60.